The number of alkyl carbamates (subject to hydrolysis) is 1. The fourth-order valence-electron chi connectivity index (χ4n) is 1.36. The number of hydrogen-bond acceptors (Lipinski definition) is 4. The molecule has 0 spiro atoms. The summed E-state index contributed by atoms with van der Waals surface area (Å²) in [6.07, 6.45) is -5.24. The van der Waals surface area contributed by atoms with E-state index in [2.05, 4.69) is 5.32 Å². The molecule has 0 saturated heterocycles. The van der Waals surface area contributed by atoms with Crippen LogP contribution in [-0.4, -0.2) is 60.5 Å². The first-order valence-corrected chi connectivity index (χ1v) is 6.28. The lowest BCUT2D eigenvalue weighted by Gasteiger charge is -2.31. The third-order valence-corrected chi connectivity index (χ3v) is 2.34. The Balaban J connectivity index is 4.53. The Morgan fingerprint density at radius 2 is 1.67 bits per heavy atom. The quantitative estimate of drug-likeness (QED) is 0.804. The maximum absolute atomic E-state index is 12.3. The molecule has 124 valence electrons. The lowest BCUT2D eigenvalue weighted by molar-refractivity contribution is -0.179. The molecule has 1 N–H and O–H groups in total. The zero-order valence-electron chi connectivity index (χ0n) is 13.0. The van der Waals surface area contributed by atoms with Crippen LogP contribution in [0.1, 0.15) is 27.7 Å². The van der Waals surface area contributed by atoms with Crippen LogP contribution in [0, 0.1) is 0 Å². The van der Waals surface area contributed by atoms with Gasteiger partial charge in [-0.1, -0.05) is 0 Å². The van der Waals surface area contributed by atoms with Crippen LogP contribution in [0.25, 0.3) is 0 Å². The number of nitrogens with zero attached hydrogens (tertiary/aromatic N) is 2. The van der Waals surface area contributed by atoms with Crippen molar-refractivity contribution in [3.63, 3.8) is 0 Å². The number of likely N-dealkylation sites (N-methyl/N-ethyl adjacent to an activating group) is 1. The summed E-state index contributed by atoms with van der Waals surface area (Å²) in [4.78, 5) is 23.4. The number of hydrogen-bond donors (Lipinski definition) is 1. The molecule has 0 aliphatic heterocycles. The molecule has 0 radical (unpaired) electrons. The van der Waals surface area contributed by atoms with Crippen LogP contribution in [0.5, 0.6) is 0 Å². The molecule has 0 fully saturated rings. The van der Waals surface area contributed by atoms with Gasteiger partial charge in [0.25, 0.3) is 5.91 Å². The molecule has 0 heterocycles. The molecular formula is C12H22F3N3O3. The smallest absolute Gasteiger partial charge is 0.408 e. The summed E-state index contributed by atoms with van der Waals surface area (Å²) in [5, 5.41) is 3.79. The number of amides is 2. The summed E-state index contributed by atoms with van der Waals surface area (Å²) < 4.78 is 41.7. The molecule has 2 amide bonds. The maximum Gasteiger partial charge on any atom is 0.408 e. The van der Waals surface area contributed by atoms with Gasteiger partial charge in [0.1, 0.15) is 18.2 Å². The number of carbonyl (C=O) groups is 2. The number of carbonyl (C=O) groups excluding carboxylic acids is 2. The van der Waals surface area contributed by atoms with Crippen LogP contribution in [0.3, 0.4) is 0 Å². The minimum atomic E-state index is -4.43. The minimum Gasteiger partial charge on any atom is -0.444 e. The maximum atomic E-state index is 12.3. The highest BCUT2D eigenvalue weighted by Crippen LogP contribution is 2.16. The first-order valence-electron chi connectivity index (χ1n) is 6.28. The number of ether oxygens (including phenoxy) is 1. The molecule has 0 rings (SSSR count). The average Bonchev–Trinajstić information content (AvgIpc) is 2.21. The van der Waals surface area contributed by atoms with E-state index in [0.29, 0.717) is 0 Å². The zero-order valence-corrected chi connectivity index (χ0v) is 13.0. The molecule has 9 heteroatoms. The predicted octanol–water partition coefficient (Wildman–Crippen LogP) is 1.77. The zero-order chi connectivity index (χ0) is 17.0. The van der Waals surface area contributed by atoms with Gasteiger partial charge in [-0.2, -0.15) is 13.2 Å². The summed E-state index contributed by atoms with van der Waals surface area (Å²) in [6, 6.07) is -1.01. The Bertz CT molecular complexity index is 380. The standard InChI is InChI=1S/C12H22F3N3O3/c1-8(16-10(20)21-11(2,3)4)9(19)18(6)17(5)7-12(13,14)15/h8H,7H2,1-6H3,(H,16,20). The van der Waals surface area contributed by atoms with Crippen molar-refractivity contribution in [2.45, 2.75) is 45.5 Å². The second kappa shape index (κ2) is 6.97. The van der Waals surface area contributed by atoms with E-state index in [-0.39, 0.29) is 0 Å². The van der Waals surface area contributed by atoms with E-state index in [1.807, 2.05) is 0 Å². The van der Waals surface area contributed by atoms with Gasteiger partial charge in [0.05, 0.1) is 0 Å². The largest absolute Gasteiger partial charge is 0.444 e. The number of hydrazine groups is 1. The molecule has 0 bridgehead atoms. The van der Waals surface area contributed by atoms with Crippen LogP contribution in [0.4, 0.5) is 18.0 Å². The summed E-state index contributed by atoms with van der Waals surface area (Å²) in [5.74, 6) is -0.687. The summed E-state index contributed by atoms with van der Waals surface area (Å²) in [7, 11) is 2.33. The lowest BCUT2D eigenvalue weighted by Crippen LogP contribution is -2.53. The van der Waals surface area contributed by atoms with Crippen molar-refractivity contribution in [3.05, 3.63) is 0 Å². The Hall–Kier alpha value is -1.51. The SMILES string of the molecule is CC(NC(=O)OC(C)(C)C)C(=O)N(C)N(C)CC(F)(F)F. The van der Waals surface area contributed by atoms with Gasteiger partial charge in [-0.05, 0) is 27.7 Å². The first-order chi connectivity index (χ1) is 9.23. The second-order valence-corrected chi connectivity index (χ2v) is 5.66. The third kappa shape index (κ3) is 8.38. The van der Waals surface area contributed by atoms with E-state index in [1.54, 1.807) is 20.8 Å². The molecule has 0 saturated carbocycles. The van der Waals surface area contributed by atoms with Crippen molar-refractivity contribution >= 4 is 12.0 Å². The summed E-state index contributed by atoms with van der Waals surface area (Å²) >= 11 is 0. The van der Waals surface area contributed by atoms with Gasteiger partial charge in [-0.25, -0.2) is 9.80 Å². The van der Waals surface area contributed by atoms with E-state index in [9.17, 15) is 22.8 Å². The van der Waals surface area contributed by atoms with Gasteiger partial charge in [-0.3, -0.25) is 9.80 Å². The molecule has 0 aliphatic carbocycles. The van der Waals surface area contributed by atoms with Crippen molar-refractivity contribution in [2.75, 3.05) is 20.6 Å². The molecule has 6 nitrogen and oxygen atoms in total. The van der Waals surface area contributed by atoms with Gasteiger partial charge in [0.15, 0.2) is 0 Å². The van der Waals surface area contributed by atoms with Crippen LogP contribution in [0.2, 0.25) is 0 Å². The number of rotatable bonds is 4. The van der Waals surface area contributed by atoms with E-state index in [4.69, 9.17) is 4.74 Å². The third-order valence-electron chi connectivity index (χ3n) is 2.34. The molecular weight excluding hydrogens is 291 g/mol. The topological polar surface area (TPSA) is 61.9 Å². The monoisotopic (exact) mass is 313 g/mol. The number of alkyl halides is 3. The molecule has 0 aromatic rings. The van der Waals surface area contributed by atoms with Crippen molar-refractivity contribution in [1.82, 2.24) is 15.3 Å². The molecule has 21 heavy (non-hydrogen) atoms. The molecule has 1 unspecified atom stereocenters. The first kappa shape index (κ1) is 19.5. The van der Waals surface area contributed by atoms with E-state index in [1.165, 1.54) is 14.0 Å². The van der Waals surface area contributed by atoms with Gasteiger partial charge in [0, 0.05) is 14.1 Å². The van der Waals surface area contributed by atoms with Gasteiger partial charge in [-0.15, -0.1) is 0 Å². The molecule has 0 aliphatic rings. The van der Waals surface area contributed by atoms with Gasteiger partial charge >= 0.3 is 12.3 Å². The Morgan fingerprint density at radius 3 is 2.05 bits per heavy atom. The van der Waals surface area contributed by atoms with Gasteiger partial charge < -0.3 is 10.1 Å². The van der Waals surface area contributed by atoms with Crippen LogP contribution >= 0.6 is 0 Å². The van der Waals surface area contributed by atoms with Crippen LogP contribution in [0.15, 0.2) is 0 Å². The van der Waals surface area contributed by atoms with Crippen molar-refractivity contribution in [2.24, 2.45) is 0 Å². The second-order valence-electron chi connectivity index (χ2n) is 5.66. The normalized spacial score (nSPS) is 13.8. The molecule has 0 aromatic carbocycles. The molecule has 1 atom stereocenters. The summed E-state index contributed by atoms with van der Waals surface area (Å²) in [5.41, 5.74) is -0.730. The highest BCUT2D eigenvalue weighted by Gasteiger charge is 2.33. The average molecular weight is 313 g/mol. The number of halogens is 3. The number of nitrogens with one attached hydrogen (secondary N) is 1. The summed E-state index contributed by atoms with van der Waals surface area (Å²) in [6.45, 7) is 5.06. The highest BCUT2D eigenvalue weighted by molar-refractivity contribution is 5.84. The van der Waals surface area contributed by atoms with Gasteiger partial charge in [0.2, 0.25) is 0 Å². The van der Waals surface area contributed by atoms with Crippen LogP contribution in [-0.2, 0) is 9.53 Å². The van der Waals surface area contributed by atoms with Crippen LogP contribution < -0.4 is 5.32 Å². The van der Waals surface area contributed by atoms with E-state index >= 15 is 0 Å². The predicted molar refractivity (Wildman–Crippen MR) is 70.3 cm³/mol. The molecule has 0 aromatic heterocycles. The minimum absolute atomic E-state index is 0.687. The Morgan fingerprint density at radius 1 is 1.19 bits per heavy atom. The van der Waals surface area contributed by atoms with E-state index < -0.39 is 36.4 Å². The van der Waals surface area contributed by atoms with Crippen molar-refractivity contribution in [1.29, 1.82) is 0 Å². The Kier molecular flexibility index (Phi) is 6.47. The van der Waals surface area contributed by atoms with Crippen molar-refractivity contribution in [3.8, 4) is 0 Å². The fourth-order valence-corrected chi connectivity index (χ4v) is 1.36. The Labute approximate surface area is 122 Å². The fraction of sp³-hybridized carbons (Fsp3) is 0.833. The highest BCUT2D eigenvalue weighted by atomic mass is 19.4. The van der Waals surface area contributed by atoms with Crippen molar-refractivity contribution < 1.29 is 27.5 Å². The lowest BCUT2D eigenvalue weighted by atomic mass is 10.2. The van der Waals surface area contributed by atoms with E-state index in [0.717, 1.165) is 17.1 Å².